The number of hydrogen-bond donors (Lipinski definition) is 2. The average molecular weight is 444 g/mol. The van der Waals surface area contributed by atoms with E-state index in [2.05, 4.69) is 20.4 Å². The van der Waals surface area contributed by atoms with Crippen molar-refractivity contribution in [1.82, 2.24) is 19.7 Å². The van der Waals surface area contributed by atoms with E-state index in [9.17, 15) is 9.18 Å². The fourth-order valence-electron chi connectivity index (χ4n) is 3.03. The lowest BCUT2D eigenvalue weighted by molar-refractivity contribution is 0.102. The number of nitrogens with zero attached hydrogens (tertiary/aromatic N) is 3. The van der Waals surface area contributed by atoms with Gasteiger partial charge in [0.25, 0.3) is 5.91 Å². The lowest BCUT2D eigenvalue weighted by atomic mass is 10.2. The van der Waals surface area contributed by atoms with E-state index in [0.717, 1.165) is 0 Å². The third-order valence-electron chi connectivity index (χ3n) is 4.55. The SMILES string of the molecule is COCCOc1ccc(C(=O)Nc2cc(-c3nc4cc(F)ccc4[nH]3)n(C)n2)cc1Cl. The zero-order chi connectivity index (χ0) is 22.0. The number of H-pyrrole nitrogens is 1. The molecule has 4 rings (SSSR count). The lowest BCUT2D eigenvalue weighted by Crippen LogP contribution is -2.13. The number of benzene rings is 2. The fraction of sp³-hybridized carbons (Fsp3) is 0.190. The first-order chi connectivity index (χ1) is 14.9. The van der Waals surface area contributed by atoms with Crippen molar-refractivity contribution < 1.29 is 18.7 Å². The quantitative estimate of drug-likeness (QED) is 0.420. The normalized spacial score (nSPS) is 11.1. The van der Waals surface area contributed by atoms with Crippen LogP contribution in [0.5, 0.6) is 5.75 Å². The highest BCUT2D eigenvalue weighted by Crippen LogP contribution is 2.27. The Kier molecular flexibility index (Phi) is 5.88. The second kappa shape index (κ2) is 8.75. The Morgan fingerprint density at radius 2 is 2.06 bits per heavy atom. The Bertz CT molecular complexity index is 1250. The number of halogens is 2. The molecule has 4 aromatic rings. The molecule has 0 unspecified atom stereocenters. The summed E-state index contributed by atoms with van der Waals surface area (Å²) in [5.41, 5.74) is 2.19. The van der Waals surface area contributed by atoms with Crippen LogP contribution in [0.4, 0.5) is 10.2 Å². The van der Waals surface area contributed by atoms with Crippen LogP contribution in [-0.4, -0.2) is 46.0 Å². The zero-order valence-electron chi connectivity index (χ0n) is 16.8. The molecule has 0 spiro atoms. The van der Waals surface area contributed by atoms with Crippen LogP contribution < -0.4 is 10.1 Å². The first-order valence-corrected chi connectivity index (χ1v) is 9.74. The van der Waals surface area contributed by atoms with Crippen LogP contribution in [-0.2, 0) is 11.8 Å². The molecular formula is C21H19ClFN5O3. The molecule has 0 aliphatic heterocycles. The maximum atomic E-state index is 13.4. The molecule has 0 saturated carbocycles. The van der Waals surface area contributed by atoms with Crippen molar-refractivity contribution in [3.63, 3.8) is 0 Å². The van der Waals surface area contributed by atoms with Gasteiger partial charge in [-0.3, -0.25) is 9.48 Å². The number of aromatic amines is 1. The van der Waals surface area contributed by atoms with Crippen LogP contribution >= 0.6 is 11.6 Å². The number of rotatable bonds is 7. The number of aromatic nitrogens is 4. The van der Waals surface area contributed by atoms with Gasteiger partial charge in [0.1, 0.15) is 23.9 Å². The van der Waals surface area contributed by atoms with Crippen molar-refractivity contribution in [1.29, 1.82) is 0 Å². The van der Waals surface area contributed by atoms with Gasteiger partial charge in [0.15, 0.2) is 11.6 Å². The molecule has 0 radical (unpaired) electrons. The van der Waals surface area contributed by atoms with Crippen LogP contribution in [0.3, 0.4) is 0 Å². The number of carbonyl (C=O) groups is 1. The number of nitrogens with one attached hydrogen (secondary N) is 2. The van der Waals surface area contributed by atoms with Gasteiger partial charge in [-0.1, -0.05) is 11.6 Å². The summed E-state index contributed by atoms with van der Waals surface area (Å²) in [7, 11) is 3.30. The van der Waals surface area contributed by atoms with E-state index in [0.29, 0.717) is 57.9 Å². The number of methoxy groups -OCH3 is 1. The minimum absolute atomic E-state index is 0.319. The molecule has 0 aliphatic carbocycles. The molecule has 2 aromatic carbocycles. The summed E-state index contributed by atoms with van der Waals surface area (Å²) in [5, 5.41) is 7.37. The smallest absolute Gasteiger partial charge is 0.256 e. The van der Waals surface area contributed by atoms with E-state index in [1.807, 2.05) is 0 Å². The monoisotopic (exact) mass is 443 g/mol. The predicted octanol–water partition coefficient (Wildman–Crippen LogP) is 4.03. The number of amides is 1. The van der Waals surface area contributed by atoms with Crippen LogP contribution in [0.25, 0.3) is 22.6 Å². The van der Waals surface area contributed by atoms with Gasteiger partial charge in [0, 0.05) is 31.9 Å². The Balaban J connectivity index is 1.51. The summed E-state index contributed by atoms with van der Waals surface area (Å²) < 4.78 is 25.4. The molecule has 0 atom stereocenters. The molecule has 2 heterocycles. The molecule has 8 nitrogen and oxygen atoms in total. The largest absolute Gasteiger partial charge is 0.490 e. The maximum absolute atomic E-state index is 13.4. The predicted molar refractivity (Wildman–Crippen MR) is 115 cm³/mol. The number of fused-ring (bicyclic) bond motifs is 1. The third-order valence-corrected chi connectivity index (χ3v) is 4.84. The average Bonchev–Trinajstić information content (AvgIpc) is 3.31. The minimum atomic E-state index is -0.373. The van der Waals surface area contributed by atoms with Gasteiger partial charge in [-0.15, -0.1) is 0 Å². The molecule has 160 valence electrons. The van der Waals surface area contributed by atoms with E-state index in [1.54, 1.807) is 43.1 Å². The number of anilines is 1. The van der Waals surface area contributed by atoms with Crippen LogP contribution in [0.1, 0.15) is 10.4 Å². The Labute approximate surface area is 181 Å². The molecule has 2 aromatic heterocycles. The molecule has 31 heavy (non-hydrogen) atoms. The van der Waals surface area contributed by atoms with Crippen molar-refractivity contribution in [3.8, 4) is 17.3 Å². The van der Waals surface area contributed by atoms with Crippen LogP contribution in [0.15, 0.2) is 42.5 Å². The minimum Gasteiger partial charge on any atom is -0.490 e. The summed E-state index contributed by atoms with van der Waals surface area (Å²) in [5.74, 6) is 0.582. The van der Waals surface area contributed by atoms with Gasteiger partial charge in [-0.2, -0.15) is 5.10 Å². The molecule has 0 aliphatic rings. The topological polar surface area (TPSA) is 94.1 Å². The number of imidazole rings is 1. The van der Waals surface area contributed by atoms with Gasteiger partial charge in [-0.05, 0) is 30.3 Å². The first-order valence-electron chi connectivity index (χ1n) is 9.37. The number of ether oxygens (including phenoxy) is 2. The highest BCUT2D eigenvalue weighted by Gasteiger charge is 2.15. The Morgan fingerprint density at radius 3 is 2.84 bits per heavy atom. The van der Waals surface area contributed by atoms with Gasteiger partial charge < -0.3 is 19.8 Å². The molecule has 0 saturated heterocycles. The van der Waals surface area contributed by atoms with Crippen molar-refractivity contribution in [2.75, 3.05) is 25.6 Å². The Morgan fingerprint density at radius 1 is 1.23 bits per heavy atom. The molecule has 0 bridgehead atoms. The molecule has 0 fully saturated rings. The second-order valence-corrected chi connectivity index (χ2v) is 7.13. The zero-order valence-corrected chi connectivity index (χ0v) is 17.5. The fourth-order valence-corrected chi connectivity index (χ4v) is 3.27. The van der Waals surface area contributed by atoms with Gasteiger partial charge >= 0.3 is 0 Å². The van der Waals surface area contributed by atoms with Gasteiger partial charge in [-0.25, -0.2) is 9.37 Å². The first kappa shape index (κ1) is 20.8. The van der Waals surface area contributed by atoms with Crippen molar-refractivity contribution in [2.45, 2.75) is 0 Å². The van der Waals surface area contributed by atoms with Crippen molar-refractivity contribution >= 4 is 34.4 Å². The molecule has 1 amide bonds. The molecular weight excluding hydrogens is 425 g/mol. The Hall–Kier alpha value is -3.43. The van der Waals surface area contributed by atoms with E-state index in [1.165, 1.54) is 18.2 Å². The highest BCUT2D eigenvalue weighted by molar-refractivity contribution is 6.32. The summed E-state index contributed by atoms with van der Waals surface area (Å²) in [6, 6.07) is 10.8. The molecule has 2 N–H and O–H groups in total. The third kappa shape index (κ3) is 4.52. The van der Waals surface area contributed by atoms with Gasteiger partial charge in [0.05, 0.1) is 22.7 Å². The molecule has 10 heteroatoms. The summed E-state index contributed by atoms with van der Waals surface area (Å²) in [6.45, 7) is 0.785. The van der Waals surface area contributed by atoms with Crippen molar-refractivity contribution in [3.05, 3.63) is 58.9 Å². The standard InChI is InChI=1S/C21H19ClFN5O3/c1-28-17(20-24-15-5-4-13(23)10-16(15)25-20)11-19(27-28)26-21(29)12-3-6-18(14(22)9-12)31-8-7-30-2/h3-6,9-11H,7-8H2,1-2H3,(H,24,25)(H,26,27,29). The lowest BCUT2D eigenvalue weighted by Gasteiger charge is -2.09. The summed E-state index contributed by atoms with van der Waals surface area (Å²) in [6.07, 6.45) is 0. The number of hydrogen-bond acceptors (Lipinski definition) is 5. The highest BCUT2D eigenvalue weighted by atomic mass is 35.5. The second-order valence-electron chi connectivity index (χ2n) is 6.73. The summed E-state index contributed by atoms with van der Waals surface area (Å²) in [4.78, 5) is 20.1. The number of carbonyl (C=O) groups excluding carboxylic acids is 1. The van der Waals surface area contributed by atoms with Crippen LogP contribution in [0.2, 0.25) is 5.02 Å². The van der Waals surface area contributed by atoms with E-state index < -0.39 is 0 Å². The maximum Gasteiger partial charge on any atom is 0.256 e. The summed E-state index contributed by atoms with van der Waals surface area (Å²) >= 11 is 6.21. The van der Waals surface area contributed by atoms with E-state index in [4.69, 9.17) is 21.1 Å². The van der Waals surface area contributed by atoms with E-state index >= 15 is 0 Å². The van der Waals surface area contributed by atoms with Gasteiger partial charge in [0.2, 0.25) is 0 Å². The van der Waals surface area contributed by atoms with Crippen molar-refractivity contribution in [2.24, 2.45) is 7.05 Å². The number of aryl methyl sites for hydroxylation is 1. The van der Waals surface area contributed by atoms with E-state index in [-0.39, 0.29) is 11.7 Å². The van der Waals surface area contributed by atoms with Crippen LogP contribution in [0, 0.1) is 5.82 Å².